The summed E-state index contributed by atoms with van der Waals surface area (Å²) >= 11 is 7.04. The van der Waals surface area contributed by atoms with E-state index in [1.54, 1.807) is 24.3 Å². The number of carbonyl (C=O) groups excluding carboxylic acids is 1. The van der Waals surface area contributed by atoms with Gasteiger partial charge in [-0.3, -0.25) is 14.9 Å². The number of hydrogen-bond donors (Lipinski definition) is 2. The van der Waals surface area contributed by atoms with Gasteiger partial charge >= 0.3 is 0 Å². The Morgan fingerprint density at radius 2 is 1.90 bits per heavy atom. The van der Waals surface area contributed by atoms with Crippen molar-refractivity contribution in [1.29, 1.82) is 0 Å². The van der Waals surface area contributed by atoms with E-state index in [1.807, 2.05) is 6.92 Å². The average Bonchev–Trinajstić information content (AvgIpc) is 2.73. The molecule has 164 valence electrons. The maximum Gasteiger partial charge on any atom is 0.257 e. The third-order valence-corrected chi connectivity index (χ3v) is 6.92. The van der Waals surface area contributed by atoms with Crippen LogP contribution in [0.3, 0.4) is 0 Å². The van der Waals surface area contributed by atoms with E-state index in [-0.39, 0.29) is 16.9 Å². The molecule has 0 heterocycles. The van der Waals surface area contributed by atoms with Crippen molar-refractivity contribution in [3.8, 4) is 0 Å². The van der Waals surface area contributed by atoms with Crippen molar-refractivity contribution in [3.63, 3.8) is 0 Å². The summed E-state index contributed by atoms with van der Waals surface area (Å²) in [5.41, 5.74) is -0.687. The van der Waals surface area contributed by atoms with Crippen LogP contribution >= 0.6 is 23.4 Å². The Balaban J connectivity index is 2.10. The minimum atomic E-state index is -1.66. The minimum absolute atomic E-state index is 0.0145. The van der Waals surface area contributed by atoms with E-state index in [0.29, 0.717) is 22.0 Å². The van der Waals surface area contributed by atoms with Gasteiger partial charge in [-0.25, -0.2) is 4.39 Å². The number of aliphatic hydroxyl groups is 1. The maximum atomic E-state index is 13.4. The SMILES string of the molecule is CCSC1=C(C(=O)Nc2ccc(Cl)cc2)C(O)CC(c2ccc(F)cc2)C1(C)[N+](=O)[O-]. The van der Waals surface area contributed by atoms with Crippen LogP contribution in [-0.4, -0.2) is 33.3 Å². The second kappa shape index (κ2) is 9.38. The van der Waals surface area contributed by atoms with E-state index in [4.69, 9.17) is 11.6 Å². The van der Waals surface area contributed by atoms with E-state index >= 15 is 0 Å². The molecule has 0 aliphatic heterocycles. The number of anilines is 1. The summed E-state index contributed by atoms with van der Waals surface area (Å²) in [5.74, 6) is -1.32. The molecule has 0 aromatic heterocycles. The lowest BCUT2D eigenvalue weighted by atomic mass is 9.71. The zero-order valence-corrected chi connectivity index (χ0v) is 18.5. The number of hydrogen-bond acceptors (Lipinski definition) is 5. The fourth-order valence-corrected chi connectivity index (χ4v) is 5.18. The van der Waals surface area contributed by atoms with Gasteiger partial charge < -0.3 is 10.4 Å². The highest BCUT2D eigenvalue weighted by molar-refractivity contribution is 8.03. The molecule has 0 bridgehead atoms. The van der Waals surface area contributed by atoms with Crippen LogP contribution in [0.5, 0.6) is 0 Å². The Morgan fingerprint density at radius 3 is 2.45 bits per heavy atom. The van der Waals surface area contributed by atoms with Crippen molar-refractivity contribution in [2.75, 3.05) is 11.1 Å². The van der Waals surface area contributed by atoms with Crippen molar-refractivity contribution < 1.29 is 19.2 Å². The number of thioether (sulfide) groups is 1. The number of rotatable bonds is 6. The van der Waals surface area contributed by atoms with Crippen LogP contribution in [0.2, 0.25) is 5.02 Å². The monoisotopic (exact) mass is 464 g/mol. The van der Waals surface area contributed by atoms with Gasteiger partial charge in [0.15, 0.2) is 0 Å². The number of amides is 1. The van der Waals surface area contributed by atoms with E-state index in [9.17, 15) is 24.4 Å². The van der Waals surface area contributed by atoms with E-state index in [0.717, 1.165) is 11.8 Å². The summed E-state index contributed by atoms with van der Waals surface area (Å²) in [4.78, 5) is 25.2. The lowest BCUT2D eigenvalue weighted by Crippen LogP contribution is -2.49. The number of nitrogens with zero attached hydrogens (tertiary/aromatic N) is 1. The number of aliphatic hydroxyl groups excluding tert-OH is 1. The molecule has 0 saturated heterocycles. The molecule has 3 unspecified atom stereocenters. The first-order chi connectivity index (χ1) is 14.7. The molecular weight excluding hydrogens is 443 g/mol. The number of nitrogens with one attached hydrogen (secondary N) is 1. The zero-order chi connectivity index (χ0) is 22.8. The first-order valence-corrected chi connectivity index (χ1v) is 11.1. The summed E-state index contributed by atoms with van der Waals surface area (Å²) in [5, 5.41) is 26.4. The molecule has 0 saturated carbocycles. The normalized spacial score (nSPS) is 23.5. The molecular formula is C22H22ClFN2O4S. The number of benzene rings is 2. The molecule has 3 atom stereocenters. The summed E-state index contributed by atoms with van der Waals surface area (Å²) in [6.45, 7) is 3.28. The van der Waals surface area contributed by atoms with Gasteiger partial charge in [0.1, 0.15) is 5.82 Å². The fraction of sp³-hybridized carbons (Fsp3) is 0.318. The number of carbonyl (C=O) groups is 1. The van der Waals surface area contributed by atoms with Crippen LogP contribution < -0.4 is 5.32 Å². The molecule has 2 N–H and O–H groups in total. The second-order valence-electron chi connectivity index (χ2n) is 7.40. The molecule has 2 aromatic carbocycles. The van der Waals surface area contributed by atoms with Crippen molar-refractivity contribution >= 4 is 35.0 Å². The lowest BCUT2D eigenvalue weighted by Gasteiger charge is -2.39. The highest BCUT2D eigenvalue weighted by Crippen LogP contribution is 2.50. The quantitative estimate of drug-likeness (QED) is 0.463. The van der Waals surface area contributed by atoms with Gasteiger partial charge in [0.05, 0.1) is 22.5 Å². The molecule has 2 aromatic rings. The second-order valence-corrected chi connectivity index (χ2v) is 9.11. The average molecular weight is 465 g/mol. The fourth-order valence-electron chi connectivity index (χ4n) is 3.87. The molecule has 6 nitrogen and oxygen atoms in total. The number of halogens is 2. The van der Waals surface area contributed by atoms with Gasteiger partial charge in [-0.1, -0.05) is 30.7 Å². The van der Waals surface area contributed by atoms with Crippen LogP contribution in [0.15, 0.2) is 59.0 Å². The van der Waals surface area contributed by atoms with Crippen molar-refractivity contribution in [2.45, 2.75) is 37.8 Å². The van der Waals surface area contributed by atoms with E-state index < -0.39 is 34.2 Å². The minimum Gasteiger partial charge on any atom is -0.388 e. The van der Waals surface area contributed by atoms with E-state index in [1.165, 1.54) is 31.2 Å². The standard InChI is InChI=1S/C22H22ClFN2O4S/c1-3-31-20-19(21(28)25-16-10-6-14(23)7-11-16)18(27)12-17(22(20,2)26(29)30)13-4-8-15(24)9-5-13/h4-11,17-18,27H,3,12H2,1-2H3,(H,25,28). The highest BCUT2D eigenvalue weighted by atomic mass is 35.5. The van der Waals surface area contributed by atoms with Gasteiger partial charge in [0.25, 0.3) is 11.4 Å². The van der Waals surface area contributed by atoms with Crippen molar-refractivity contribution in [1.82, 2.24) is 0 Å². The van der Waals surface area contributed by atoms with Gasteiger partial charge in [0.2, 0.25) is 0 Å². The van der Waals surface area contributed by atoms with Crippen molar-refractivity contribution in [3.05, 3.63) is 85.5 Å². The molecule has 1 amide bonds. The maximum absolute atomic E-state index is 13.4. The molecule has 0 fully saturated rings. The van der Waals surface area contributed by atoms with Crippen LogP contribution in [0.4, 0.5) is 10.1 Å². The van der Waals surface area contributed by atoms with Crippen LogP contribution in [0.25, 0.3) is 0 Å². The van der Waals surface area contributed by atoms with E-state index in [2.05, 4.69) is 5.32 Å². The Labute approximate surface area is 188 Å². The molecule has 0 radical (unpaired) electrons. The largest absolute Gasteiger partial charge is 0.388 e. The summed E-state index contributed by atoms with van der Waals surface area (Å²) in [6, 6.07) is 11.9. The Morgan fingerprint density at radius 1 is 1.29 bits per heavy atom. The van der Waals surface area contributed by atoms with Gasteiger partial charge in [-0.15, -0.1) is 11.8 Å². The van der Waals surface area contributed by atoms with Crippen LogP contribution in [0.1, 0.15) is 31.7 Å². The lowest BCUT2D eigenvalue weighted by molar-refractivity contribution is -0.557. The topological polar surface area (TPSA) is 92.5 Å². The molecule has 0 spiro atoms. The zero-order valence-electron chi connectivity index (χ0n) is 17.0. The van der Waals surface area contributed by atoms with Crippen molar-refractivity contribution in [2.24, 2.45) is 0 Å². The molecule has 1 aliphatic rings. The summed E-state index contributed by atoms with van der Waals surface area (Å²) in [7, 11) is 0. The summed E-state index contributed by atoms with van der Waals surface area (Å²) < 4.78 is 13.4. The smallest absolute Gasteiger partial charge is 0.257 e. The first-order valence-electron chi connectivity index (χ1n) is 9.70. The Hall–Kier alpha value is -2.42. The highest BCUT2D eigenvalue weighted by Gasteiger charge is 2.56. The predicted molar refractivity (Wildman–Crippen MR) is 120 cm³/mol. The first kappa shape index (κ1) is 23.2. The number of nitro groups is 1. The van der Waals surface area contributed by atoms with Gasteiger partial charge in [0, 0.05) is 22.6 Å². The van der Waals surface area contributed by atoms with Crippen LogP contribution in [-0.2, 0) is 4.79 Å². The molecule has 1 aliphatic carbocycles. The molecule has 3 rings (SSSR count). The molecule has 9 heteroatoms. The predicted octanol–water partition coefficient (Wildman–Crippen LogP) is 5.01. The van der Waals surface area contributed by atoms with Gasteiger partial charge in [-0.05, 0) is 54.1 Å². The van der Waals surface area contributed by atoms with Gasteiger partial charge in [-0.2, -0.15) is 0 Å². The third kappa shape index (κ3) is 4.61. The third-order valence-electron chi connectivity index (χ3n) is 5.46. The Bertz CT molecular complexity index is 1010. The molecule has 31 heavy (non-hydrogen) atoms. The summed E-state index contributed by atoms with van der Waals surface area (Å²) in [6.07, 6.45) is -1.26. The Kier molecular flexibility index (Phi) is 7.03. The van der Waals surface area contributed by atoms with Crippen LogP contribution in [0, 0.1) is 15.9 Å².